The molecule has 0 spiro atoms. The summed E-state index contributed by atoms with van der Waals surface area (Å²) in [6.45, 7) is 1.50. The Morgan fingerprint density at radius 1 is 0.944 bits per heavy atom. The van der Waals surface area contributed by atoms with Gasteiger partial charge in [0.05, 0.1) is 0 Å². The number of likely N-dealkylation sites (N-methyl/N-ethyl adjacent to an activating group) is 1. The standard InChI is InChI=1S/C15H18N2O/c1-17(12-11-16)13-7-9-15(10-8-13)18-14-5-3-2-4-6-14/h2-10H,11-12,16H2,1H3. The lowest BCUT2D eigenvalue weighted by molar-refractivity contribution is 0.482. The average molecular weight is 242 g/mol. The predicted octanol–water partition coefficient (Wildman–Crippen LogP) is 2.87. The van der Waals surface area contributed by atoms with Gasteiger partial charge in [-0.05, 0) is 36.4 Å². The van der Waals surface area contributed by atoms with Crippen LogP contribution in [0.3, 0.4) is 0 Å². The van der Waals surface area contributed by atoms with Crippen molar-refractivity contribution < 1.29 is 4.74 Å². The molecule has 94 valence electrons. The maximum atomic E-state index is 5.73. The highest BCUT2D eigenvalue weighted by atomic mass is 16.5. The first-order valence-electron chi connectivity index (χ1n) is 6.04. The molecule has 2 N–H and O–H groups in total. The van der Waals surface area contributed by atoms with Crippen LogP contribution in [0.1, 0.15) is 0 Å². The second-order valence-electron chi connectivity index (χ2n) is 4.12. The van der Waals surface area contributed by atoms with E-state index >= 15 is 0 Å². The molecule has 3 nitrogen and oxygen atoms in total. The predicted molar refractivity (Wildman–Crippen MR) is 75.3 cm³/mol. The van der Waals surface area contributed by atoms with Crippen LogP contribution in [0.15, 0.2) is 54.6 Å². The van der Waals surface area contributed by atoms with Crippen LogP contribution in [0.25, 0.3) is 0 Å². The third-order valence-corrected chi connectivity index (χ3v) is 2.72. The van der Waals surface area contributed by atoms with Crippen molar-refractivity contribution in [3.05, 3.63) is 54.6 Å². The fourth-order valence-electron chi connectivity index (χ4n) is 1.72. The summed E-state index contributed by atoms with van der Waals surface area (Å²) in [6, 6.07) is 17.8. The van der Waals surface area contributed by atoms with Gasteiger partial charge in [0, 0.05) is 25.8 Å². The van der Waals surface area contributed by atoms with Crippen LogP contribution >= 0.6 is 0 Å². The summed E-state index contributed by atoms with van der Waals surface area (Å²) in [4.78, 5) is 2.12. The summed E-state index contributed by atoms with van der Waals surface area (Å²) >= 11 is 0. The summed E-state index contributed by atoms with van der Waals surface area (Å²) in [6.07, 6.45) is 0. The molecular weight excluding hydrogens is 224 g/mol. The fraction of sp³-hybridized carbons (Fsp3) is 0.200. The van der Waals surface area contributed by atoms with E-state index in [0.717, 1.165) is 23.7 Å². The highest BCUT2D eigenvalue weighted by molar-refractivity contribution is 5.49. The maximum absolute atomic E-state index is 5.73. The molecule has 0 saturated heterocycles. The molecule has 0 bridgehead atoms. The van der Waals surface area contributed by atoms with Gasteiger partial charge in [-0.3, -0.25) is 0 Å². The third-order valence-electron chi connectivity index (χ3n) is 2.72. The average Bonchev–Trinajstić information content (AvgIpc) is 2.41. The van der Waals surface area contributed by atoms with Crippen molar-refractivity contribution in [3.8, 4) is 11.5 Å². The van der Waals surface area contributed by atoms with E-state index in [4.69, 9.17) is 10.5 Å². The van der Waals surface area contributed by atoms with Gasteiger partial charge in [0.1, 0.15) is 11.5 Å². The minimum Gasteiger partial charge on any atom is -0.457 e. The van der Waals surface area contributed by atoms with Crippen molar-refractivity contribution in [2.45, 2.75) is 0 Å². The van der Waals surface area contributed by atoms with Crippen LogP contribution in [0.4, 0.5) is 5.69 Å². The second kappa shape index (κ2) is 6.07. The largest absolute Gasteiger partial charge is 0.457 e. The molecule has 0 aliphatic rings. The van der Waals surface area contributed by atoms with Crippen LogP contribution in [-0.4, -0.2) is 20.1 Å². The summed E-state index contributed by atoms with van der Waals surface area (Å²) in [5.41, 5.74) is 6.67. The number of benzene rings is 2. The monoisotopic (exact) mass is 242 g/mol. The number of rotatable bonds is 5. The van der Waals surface area contributed by atoms with Crippen LogP contribution in [0.5, 0.6) is 11.5 Å². The van der Waals surface area contributed by atoms with Gasteiger partial charge < -0.3 is 15.4 Å². The van der Waals surface area contributed by atoms with E-state index in [2.05, 4.69) is 4.90 Å². The Morgan fingerprint density at radius 2 is 1.56 bits per heavy atom. The highest BCUT2D eigenvalue weighted by Gasteiger charge is 2.00. The van der Waals surface area contributed by atoms with Gasteiger partial charge in [-0.15, -0.1) is 0 Å². The first-order valence-corrected chi connectivity index (χ1v) is 6.04. The molecule has 0 fully saturated rings. The lowest BCUT2D eigenvalue weighted by atomic mass is 10.2. The van der Waals surface area contributed by atoms with E-state index in [1.54, 1.807) is 0 Å². The molecule has 0 aliphatic heterocycles. The number of nitrogens with two attached hydrogens (primary N) is 1. The number of hydrogen-bond donors (Lipinski definition) is 1. The van der Waals surface area contributed by atoms with Gasteiger partial charge >= 0.3 is 0 Å². The van der Waals surface area contributed by atoms with Crippen molar-refractivity contribution in [3.63, 3.8) is 0 Å². The maximum Gasteiger partial charge on any atom is 0.127 e. The molecule has 0 amide bonds. The van der Waals surface area contributed by atoms with E-state index in [-0.39, 0.29) is 0 Å². The molecule has 0 radical (unpaired) electrons. The molecular formula is C15H18N2O. The van der Waals surface area contributed by atoms with Crippen LogP contribution in [0.2, 0.25) is 0 Å². The van der Waals surface area contributed by atoms with Crippen molar-refractivity contribution in [2.24, 2.45) is 5.73 Å². The van der Waals surface area contributed by atoms with Gasteiger partial charge in [0.2, 0.25) is 0 Å². The lowest BCUT2D eigenvalue weighted by Gasteiger charge is -2.18. The number of anilines is 1. The Bertz CT molecular complexity index is 468. The minimum atomic E-state index is 0.652. The van der Waals surface area contributed by atoms with Crippen LogP contribution < -0.4 is 15.4 Å². The Balaban J connectivity index is 2.04. The molecule has 0 aliphatic carbocycles. The zero-order valence-corrected chi connectivity index (χ0v) is 10.5. The minimum absolute atomic E-state index is 0.652. The summed E-state index contributed by atoms with van der Waals surface area (Å²) in [5.74, 6) is 1.69. The first-order chi connectivity index (χ1) is 8.79. The summed E-state index contributed by atoms with van der Waals surface area (Å²) < 4.78 is 5.73. The van der Waals surface area contributed by atoms with Crippen LogP contribution in [0, 0.1) is 0 Å². The molecule has 0 aromatic heterocycles. The Hall–Kier alpha value is -2.00. The normalized spacial score (nSPS) is 10.1. The van der Waals surface area contributed by atoms with Gasteiger partial charge in [-0.1, -0.05) is 18.2 Å². The summed E-state index contributed by atoms with van der Waals surface area (Å²) in [5, 5.41) is 0. The zero-order chi connectivity index (χ0) is 12.8. The second-order valence-corrected chi connectivity index (χ2v) is 4.12. The molecule has 2 aromatic carbocycles. The Labute approximate surface area is 108 Å². The van der Waals surface area contributed by atoms with Gasteiger partial charge in [0.25, 0.3) is 0 Å². The topological polar surface area (TPSA) is 38.5 Å². The van der Waals surface area contributed by atoms with E-state index in [1.807, 2.05) is 61.6 Å². The van der Waals surface area contributed by atoms with Gasteiger partial charge in [-0.25, -0.2) is 0 Å². The number of hydrogen-bond acceptors (Lipinski definition) is 3. The Morgan fingerprint density at radius 3 is 2.17 bits per heavy atom. The smallest absolute Gasteiger partial charge is 0.127 e. The molecule has 2 aromatic rings. The Kier molecular flexibility index (Phi) is 4.20. The van der Waals surface area contributed by atoms with E-state index in [9.17, 15) is 0 Å². The number of para-hydroxylation sites is 1. The molecule has 0 unspecified atom stereocenters. The van der Waals surface area contributed by atoms with Gasteiger partial charge in [-0.2, -0.15) is 0 Å². The molecule has 2 rings (SSSR count). The molecule has 3 heteroatoms. The zero-order valence-electron chi connectivity index (χ0n) is 10.5. The molecule has 18 heavy (non-hydrogen) atoms. The van der Waals surface area contributed by atoms with E-state index in [1.165, 1.54) is 0 Å². The van der Waals surface area contributed by atoms with Crippen molar-refractivity contribution in [1.82, 2.24) is 0 Å². The fourth-order valence-corrected chi connectivity index (χ4v) is 1.72. The highest BCUT2D eigenvalue weighted by Crippen LogP contribution is 2.23. The number of nitrogens with zero attached hydrogens (tertiary/aromatic N) is 1. The third kappa shape index (κ3) is 3.25. The first kappa shape index (κ1) is 12.5. The molecule has 0 atom stereocenters. The molecule has 0 saturated carbocycles. The summed E-state index contributed by atoms with van der Waals surface area (Å²) in [7, 11) is 2.03. The van der Waals surface area contributed by atoms with Crippen LogP contribution in [-0.2, 0) is 0 Å². The van der Waals surface area contributed by atoms with Gasteiger partial charge in [0.15, 0.2) is 0 Å². The van der Waals surface area contributed by atoms with Crippen molar-refractivity contribution >= 4 is 5.69 Å². The van der Waals surface area contributed by atoms with Crippen molar-refractivity contribution in [2.75, 3.05) is 25.0 Å². The van der Waals surface area contributed by atoms with E-state index in [0.29, 0.717) is 6.54 Å². The van der Waals surface area contributed by atoms with Crippen molar-refractivity contribution in [1.29, 1.82) is 0 Å². The SMILES string of the molecule is CN(CCN)c1ccc(Oc2ccccc2)cc1. The molecule has 0 heterocycles. The van der Waals surface area contributed by atoms with E-state index < -0.39 is 0 Å². The number of ether oxygens (including phenoxy) is 1. The lowest BCUT2D eigenvalue weighted by Crippen LogP contribution is -2.24. The quantitative estimate of drug-likeness (QED) is 0.876.